The van der Waals surface area contributed by atoms with Crippen molar-refractivity contribution in [3.8, 4) is 0 Å². The summed E-state index contributed by atoms with van der Waals surface area (Å²) >= 11 is 0. The normalized spacial score (nSPS) is 13.8. The third-order valence-electron chi connectivity index (χ3n) is 2.53. The number of nitrogens with zero attached hydrogens (tertiary/aromatic N) is 1. The van der Waals surface area contributed by atoms with Crippen molar-refractivity contribution < 1.29 is 4.21 Å². The number of aromatic nitrogens is 1. The number of benzene rings is 1. The van der Waals surface area contributed by atoms with Crippen LogP contribution in [0.2, 0.25) is 0 Å². The number of hydrogen-bond donors (Lipinski definition) is 1. The van der Waals surface area contributed by atoms with Gasteiger partial charge in [0.2, 0.25) is 0 Å². The molecule has 3 nitrogen and oxygen atoms in total. The second-order valence-electron chi connectivity index (χ2n) is 5.41. The van der Waals surface area contributed by atoms with Gasteiger partial charge in [-0.3, -0.25) is 0 Å². The van der Waals surface area contributed by atoms with E-state index in [1.54, 1.807) is 6.20 Å². The summed E-state index contributed by atoms with van der Waals surface area (Å²) in [6, 6.07) is 7.93. The van der Waals surface area contributed by atoms with Crippen LogP contribution in [0, 0.1) is 6.92 Å². The van der Waals surface area contributed by atoms with Crippen LogP contribution in [-0.2, 0) is 11.0 Å². The Balaban J connectivity index is 2.52. The molecule has 96 valence electrons. The first-order valence-electron chi connectivity index (χ1n) is 5.92. The van der Waals surface area contributed by atoms with Gasteiger partial charge in [-0.1, -0.05) is 24.3 Å². The second kappa shape index (κ2) is 4.78. The van der Waals surface area contributed by atoms with E-state index >= 15 is 0 Å². The molecule has 0 radical (unpaired) electrons. The number of rotatable bonds is 2. The van der Waals surface area contributed by atoms with Crippen molar-refractivity contribution >= 4 is 21.8 Å². The Kier molecular flexibility index (Phi) is 3.50. The topological polar surface area (TPSA) is 42.0 Å². The van der Waals surface area contributed by atoms with Gasteiger partial charge in [0.25, 0.3) is 0 Å². The zero-order valence-electron chi connectivity index (χ0n) is 11.2. The maximum Gasteiger partial charge on any atom is 0.150 e. The van der Waals surface area contributed by atoms with E-state index in [-0.39, 0.29) is 5.54 Å². The summed E-state index contributed by atoms with van der Waals surface area (Å²) in [5, 5.41) is 2.66. The zero-order valence-corrected chi connectivity index (χ0v) is 12.0. The van der Waals surface area contributed by atoms with Gasteiger partial charge in [-0.05, 0) is 38.6 Å². The number of nitrogens with one attached hydrogen (secondary N) is 1. The second-order valence-corrected chi connectivity index (χ2v) is 6.54. The maximum atomic E-state index is 12.3. The minimum atomic E-state index is -1.30. The summed E-state index contributed by atoms with van der Waals surface area (Å²) in [5.74, 6) is 0. The van der Waals surface area contributed by atoms with Crippen LogP contribution in [0.5, 0.6) is 0 Å². The molecule has 1 N–H and O–H groups in total. The third-order valence-corrected chi connectivity index (χ3v) is 4.01. The predicted octanol–water partition coefficient (Wildman–Crippen LogP) is 2.95. The molecule has 1 aromatic heterocycles. The smallest absolute Gasteiger partial charge is 0.150 e. The van der Waals surface area contributed by atoms with Gasteiger partial charge < -0.3 is 0 Å². The molecule has 0 spiro atoms. The fourth-order valence-corrected chi connectivity index (χ4v) is 2.96. The number of fused-ring (bicyclic) bond motifs is 1. The summed E-state index contributed by atoms with van der Waals surface area (Å²) in [6.45, 7) is 7.98. The third kappa shape index (κ3) is 2.76. The van der Waals surface area contributed by atoms with Gasteiger partial charge >= 0.3 is 0 Å². The van der Waals surface area contributed by atoms with Crippen molar-refractivity contribution in [2.75, 3.05) is 0 Å². The SMILES string of the molecule is Cc1cnc(S(=O)NC(C)(C)C)c2ccccc12. The van der Waals surface area contributed by atoms with E-state index in [9.17, 15) is 4.21 Å². The molecule has 0 bridgehead atoms. The van der Waals surface area contributed by atoms with Crippen molar-refractivity contribution in [2.45, 2.75) is 38.3 Å². The first-order valence-corrected chi connectivity index (χ1v) is 7.07. The highest BCUT2D eigenvalue weighted by atomic mass is 32.2. The molecule has 4 heteroatoms. The summed E-state index contributed by atoms with van der Waals surface area (Å²) in [7, 11) is -1.30. The largest absolute Gasteiger partial charge is 0.245 e. The molecule has 0 saturated heterocycles. The van der Waals surface area contributed by atoms with E-state index in [2.05, 4.69) is 9.71 Å². The first kappa shape index (κ1) is 13.2. The molecule has 0 aliphatic rings. The Hall–Kier alpha value is -1.26. The van der Waals surface area contributed by atoms with Crippen LogP contribution in [0.4, 0.5) is 0 Å². The lowest BCUT2D eigenvalue weighted by Gasteiger charge is -2.19. The molecule has 0 fully saturated rings. The summed E-state index contributed by atoms with van der Waals surface area (Å²) in [4.78, 5) is 4.33. The van der Waals surface area contributed by atoms with Crippen molar-refractivity contribution in [3.63, 3.8) is 0 Å². The van der Waals surface area contributed by atoms with Crippen LogP contribution in [0.25, 0.3) is 10.8 Å². The highest BCUT2D eigenvalue weighted by molar-refractivity contribution is 7.83. The van der Waals surface area contributed by atoms with E-state index in [1.807, 2.05) is 52.0 Å². The lowest BCUT2D eigenvalue weighted by atomic mass is 10.1. The Labute approximate surface area is 110 Å². The number of aryl methyl sites for hydroxylation is 1. The van der Waals surface area contributed by atoms with Crippen molar-refractivity contribution in [3.05, 3.63) is 36.0 Å². The van der Waals surface area contributed by atoms with Crippen LogP contribution in [-0.4, -0.2) is 14.7 Å². The van der Waals surface area contributed by atoms with Gasteiger partial charge in [0.1, 0.15) is 16.0 Å². The maximum absolute atomic E-state index is 12.3. The van der Waals surface area contributed by atoms with E-state index in [1.165, 1.54) is 0 Å². The minimum absolute atomic E-state index is 0.210. The molecule has 1 unspecified atom stereocenters. The average molecular weight is 262 g/mol. The monoisotopic (exact) mass is 262 g/mol. The van der Waals surface area contributed by atoms with Crippen LogP contribution in [0.1, 0.15) is 26.3 Å². The van der Waals surface area contributed by atoms with E-state index in [0.717, 1.165) is 16.3 Å². The first-order chi connectivity index (χ1) is 8.38. The highest BCUT2D eigenvalue weighted by Crippen LogP contribution is 2.22. The molecule has 1 heterocycles. The Morgan fingerprint density at radius 1 is 1.17 bits per heavy atom. The van der Waals surface area contributed by atoms with Gasteiger partial charge in [-0.25, -0.2) is 13.9 Å². The molecule has 1 atom stereocenters. The van der Waals surface area contributed by atoms with E-state index in [4.69, 9.17) is 0 Å². The molecule has 1 aromatic carbocycles. The van der Waals surface area contributed by atoms with Crippen molar-refractivity contribution in [1.82, 2.24) is 9.71 Å². The van der Waals surface area contributed by atoms with Crippen LogP contribution in [0.15, 0.2) is 35.5 Å². The van der Waals surface area contributed by atoms with E-state index < -0.39 is 11.0 Å². The van der Waals surface area contributed by atoms with E-state index in [0.29, 0.717) is 5.03 Å². The standard InChI is InChI=1S/C14H18N2OS/c1-10-9-15-13(18(17)16-14(2,3)4)12-8-6-5-7-11(10)12/h5-9,16H,1-4H3. The summed E-state index contributed by atoms with van der Waals surface area (Å²) < 4.78 is 15.4. The fourth-order valence-electron chi connectivity index (χ4n) is 1.78. The molecule has 0 amide bonds. The Bertz CT molecular complexity index is 602. The Morgan fingerprint density at radius 3 is 2.39 bits per heavy atom. The molecule has 0 aliphatic heterocycles. The minimum Gasteiger partial charge on any atom is -0.245 e. The molecular formula is C14H18N2OS. The Morgan fingerprint density at radius 2 is 1.78 bits per heavy atom. The molecule has 18 heavy (non-hydrogen) atoms. The van der Waals surface area contributed by atoms with Gasteiger partial charge in [-0.15, -0.1) is 0 Å². The van der Waals surface area contributed by atoms with Crippen molar-refractivity contribution in [1.29, 1.82) is 0 Å². The summed E-state index contributed by atoms with van der Waals surface area (Å²) in [6.07, 6.45) is 1.78. The molecule has 0 aliphatic carbocycles. The lowest BCUT2D eigenvalue weighted by Crippen LogP contribution is -2.37. The average Bonchev–Trinajstić information content (AvgIpc) is 2.27. The van der Waals surface area contributed by atoms with Crippen LogP contribution in [0.3, 0.4) is 0 Å². The van der Waals surface area contributed by atoms with Crippen LogP contribution >= 0.6 is 0 Å². The van der Waals surface area contributed by atoms with Crippen LogP contribution < -0.4 is 4.72 Å². The number of hydrogen-bond acceptors (Lipinski definition) is 2. The van der Waals surface area contributed by atoms with Gasteiger partial charge in [0.05, 0.1) is 0 Å². The molecule has 2 aromatic rings. The summed E-state index contributed by atoms with van der Waals surface area (Å²) in [5.41, 5.74) is 0.889. The molecular weight excluding hydrogens is 244 g/mol. The molecule has 0 saturated carbocycles. The fraction of sp³-hybridized carbons (Fsp3) is 0.357. The highest BCUT2D eigenvalue weighted by Gasteiger charge is 2.17. The van der Waals surface area contributed by atoms with Gasteiger partial charge in [-0.2, -0.15) is 0 Å². The molecule has 2 rings (SSSR count). The van der Waals surface area contributed by atoms with Gasteiger partial charge in [0, 0.05) is 17.1 Å². The lowest BCUT2D eigenvalue weighted by molar-refractivity contribution is 0.519. The zero-order chi connectivity index (χ0) is 13.3. The quantitative estimate of drug-likeness (QED) is 0.904. The van der Waals surface area contributed by atoms with Gasteiger partial charge in [0.15, 0.2) is 0 Å². The number of pyridine rings is 1. The predicted molar refractivity (Wildman–Crippen MR) is 75.8 cm³/mol. The van der Waals surface area contributed by atoms with Crippen molar-refractivity contribution in [2.24, 2.45) is 0 Å².